The lowest BCUT2D eigenvalue weighted by Crippen LogP contribution is -2.60. The van der Waals surface area contributed by atoms with E-state index in [0.717, 1.165) is 11.0 Å². The van der Waals surface area contributed by atoms with Gasteiger partial charge >= 0.3 is 0 Å². The molecule has 4 nitrogen and oxygen atoms in total. The summed E-state index contributed by atoms with van der Waals surface area (Å²) in [7, 11) is 0. The minimum absolute atomic E-state index is 0.377. The van der Waals surface area contributed by atoms with Crippen molar-refractivity contribution >= 4 is 16.7 Å². The van der Waals surface area contributed by atoms with Gasteiger partial charge in [-0.3, -0.25) is 0 Å². The van der Waals surface area contributed by atoms with Crippen molar-refractivity contribution in [1.29, 1.82) is 0 Å². The van der Waals surface area contributed by atoms with Crippen molar-refractivity contribution in [3.63, 3.8) is 0 Å². The lowest BCUT2D eigenvalue weighted by molar-refractivity contribution is 0.0310. The summed E-state index contributed by atoms with van der Waals surface area (Å²) in [5, 5.41) is 10.5. The van der Waals surface area contributed by atoms with Crippen molar-refractivity contribution in [2.75, 3.05) is 18.0 Å². The fourth-order valence-electron chi connectivity index (χ4n) is 1.50. The van der Waals surface area contributed by atoms with Gasteiger partial charge in [0.25, 0.3) is 0 Å². The minimum Gasteiger partial charge on any atom is -0.386 e. The van der Waals surface area contributed by atoms with Crippen molar-refractivity contribution in [3.05, 3.63) is 5.82 Å². The maximum atomic E-state index is 9.58. The summed E-state index contributed by atoms with van der Waals surface area (Å²) in [5.74, 6) is 1.28. The van der Waals surface area contributed by atoms with Crippen molar-refractivity contribution in [1.82, 2.24) is 9.36 Å². The molecule has 1 N–H and O–H groups in total. The molecule has 0 aromatic carbocycles. The van der Waals surface area contributed by atoms with Gasteiger partial charge < -0.3 is 10.0 Å². The number of rotatable bonds is 2. The Bertz CT molecular complexity index is 327. The molecule has 2 rings (SSSR count). The zero-order chi connectivity index (χ0) is 10.3. The highest BCUT2D eigenvalue weighted by Crippen LogP contribution is 2.29. The van der Waals surface area contributed by atoms with Gasteiger partial charge in [-0.25, -0.2) is 4.98 Å². The molecule has 1 aliphatic rings. The van der Waals surface area contributed by atoms with Gasteiger partial charge in [0.15, 0.2) is 0 Å². The van der Waals surface area contributed by atoms with Crippen molar-refractivity contribution in [3.8, 4) is 0 Å². The second kappa shape index (κ2) is 3.17. The van der Waals surface area contributed by atoms with E-state index in [4.69, 9.17) is 0 Å². The molecule has 0 radical (unpaired) electrons. The van der Waals surface area contributed by atoms with Gasteiger partial charge in [0.2, 0.25) is 5.13 Å². The molecule has 14 heavy (non-hydrogen) atoms. The highest BCUT2D eigenvalue weighted by atomic mass is 32.1. The fraction of sp³-hybridized carbons (Fsp3) is 0.778. The van der Waals surface area contributed by atoms with E-state index in [1.54, 1.807) is 0 Å². The zero-order valence-electron chi connectivity index (χ0n) is 8.69. The monoisotopic (exact) mass is 213 g/mol. The molecule has 0 unspecified atom stereocenters. The minimum atomic E-state index is -0.538. The Morgan fingerprint density at radius 3 is 2.57 bits per heavy atom. The summed E-state index contributed by atoms with van der Waals surface area (Å²) in [5.41, 5.74) is -0.538. The Morgan fingerprint density at radius 1 is 1.50 bits per heavy atom. The second-order valence-corrected chi connectivity index (χ2v) is 5.17. The molecule has 0 bridgehead atoms. The van der Waals surface area contributed by atoms with Crippen molar-refractivity contribution < 1.29 is 5.11 Å². The number of hydrogen-bond acceptors (Lipinski definition) is 5. The van der Waals surface area contributed by atoms with Crippen LogP contribution in [0.2, 0.25) is 0 Å². The highest BCUT2D eigenvalue weighted by molar-refractivity contribution is 7.09. The lowest BCUT2D eigenvalue weighted by atomic mass is 9.98. The van der Waals surface area contributed by atoms with E-state index < -0.39 is 5.60 Å². The van der Waals surface area contributed by atoms with Crippen LogP contribution in [0.3, 0.4) is 0 Å². The first-order valence-electron chi connectivity index (χ1n) is 4.79. The largest absolute Gasteiger partial charge is 0.386 e. The molecule has 0 aliphatic carbocycles. The smallest absolute Gasteiger partial charge is 0.205 e. The summed E-state index contributed by atoms with van der Waals surface area (Å²) in [4.78, 5) is 6.48. The third-order valence-corrected chi connectivity index (χ3v) is 3.07. The predicted molar refractivity (Wildman–Crippen MR) is 56.8 cm³/mol. The third-order valence-electron chi connectivity index (χ3n) is 2.28. The highest BCUT2D eigenvalue weighted by Gasteiger charge is 2.38. The first-order chi connectivity index (χ1) is 6.48. The van der Waals surface area contributed by atoms with Gasteiger partial charge in [-0.2, -0.15) is 4.37 Å². The summed E-state index contributed by atoms with van der Waals surface area (Å²) in [6.45, 7) is 7.34. The standard InChI is InChI=1S/C9H15N3OS/c1-6(2)7-10-8(14-11-7)12-4-9(3,13)5-12/h6,13H,4-5H2,1-3H3. The summed E-state index contributed by atoms with van der Waals surface area (Å²) in [6, 6.07) is 0. The zero-order valence-corrected chi connectivity index (χ0v) is 9.51. The number of nitrogens with zero attached hydrogens (tertiary/aromatic N) is 3. The lowest BCUT2D eigenvalue weighted by Gasteiger charge is -2.43. The molecule has 0 spiro atoms. The third kappa shape index (κ3) is 1.74. The van der Waals surface area contributed by atoms with E-state index in [2.05, 4.69) is 28.1 Å². The summed E-state index contributed by atoms with van der Waals surface area (Å²) in [6.07, 6.45) is 0. The van der Waals surface area contributed by atoms with E-state index in [-0.39, 0.29) is 0 Å². The molecule has 1 aliphatic heterocycles. The van der Waals surface area contributed by atoms with Crippen molar-refractivity contribution in [2.24, 2.45) is 0 Å². The van der Waals surface area contributed by atoms with Crippen LogP contribution in [-0.4, -0.2) is 33.2 Å². The average Bonchev–Trinajstić information content (AvgIpc) is 2.47. The Hall–Kier alpha value is -0.680. The van der Waals surface area contributed by atoms with Crippen LogP contribution < -0.4 is 4.90 Å². The first-order valence-corrected chi connectivity index (χ1v) is 5.56. The van der Waals surface area contributed by atoms with Crippen LogP contribution in [0, 0.1) is 0 Å². The molecule has 5 heteroatoms. The van der Waals surface area contributed by atoms with E-state index in [1.165, 1.54) is 11.5 Å². The topological polar surface area (TPSA) is 49.2 Å². The van der Waals surface area contributed by atoms with E-state index in [1.807, 2.05) is 6.92 Å². The fourth-order valence-corrected chi connectivity index (χ4v) is 2.31. The van der Waals surface area contributed by atoms with Crippen LogP contribution in [0.25, 0.3) is 0 Å². The molecular formula is C9H15N3OS. The predicted octanol–water partition coefficient (Wildman–Crippen LogP) is 1.23. The number of hydrogen-bond donors (Lipinski definition) is 1. The molecule has 1 aromatic heterocycles. The molecule has 0 atom stereocenters. The van der Waals surface area contributed by atoms with Gasteiger partial charge in [-0.05, 0) is 6.92 Å². The van der Waals surface area contributed by atoms with Crippen LogP contribution in [0.15, 0.2) is 0 Å². The maximum Gasteiger partial charge on any atom is 0.205 e. The number of aromatic nitrogens is 2. The van der Waals surface area contributed by atoms with Gasteiger partial charge in [0.05, 0.1) is 18.7 Å². The second-order valence-electron chi connectivity index (χ2n) is 4.44. The van der Waals surface area contributed by atoms with E-state index in [0.29, 0.717) is 19.0 Å². The number of β-amino-alcohol motifs (C(OH)–C–C–N with tert-alkyl or cyclic N) is 1. The number of anilines is 1. The molecular weight excluding hydrogens is 198 g/mol. The first kappa shape index (κ1) is 9.86. The molecule has 78 valence electrons. The molecule has 1 saturated heterocycles. The van der Waals surface area contributed by atoms with Gasteiger partial charge in [0, 0.05) is 17.5 Å². The van der Waals surface area contributed by atoms with Crippen LogP contribution >= 0.6 is 11.5 Å². The Kier molecular flexibility index (Phi) is 2.23. The van der Waals surface area contributed by atoms with Gasteiger partial charge in [-0.1, -0.05) is 13.8 Å². The molecule has 2 heterocycles. The van der Waals surface area contributed by atoms with Crippen LogP contribution in [0.4, 0.5) is 5.13 Å². The van der Waals surface area contributed by atoms with E-state index in [9.17, 15) is 5.11 Å². The van der Waals surface area contributed by atoms with Crippen molar-refractivity contribution in [2.45, 2.75) is 32.3 Å². The van der Waals surface area contributed by atoms with Crippen LogP contribution in [0.5, 0.6) is 0 Å². The maximum absolute atomic E-state index is 9.58. The van der Waals surface area contributed by atoms with Gasteiger partial charge in [0.1, 0.15) is 5.82 Å². The average molecular weight is 213 g/mol. The van der Waals surface area contributed by atoms with Crippen LogP contribution in [0.1, 0.15) is 32.5 Å². The Balaban J connectivity index is 2.05. The molecule has 0 amide bonds. The SMILES string of the molecule is CC(C)c1nsc(N2CC(C)(O)C2)n1. The normalized spacial score (nSPS) is 19.9. The van der Waals surface area contributed by atoms with Crippen LogP contribution in [-0.2, 0) is 0 Å². The molecule has 1 fully saturated rings. The van der Waals surface area contributed by atoms with Gasteiger partial charge in [-0.15, -0.1) is 0 Å². The summed E-state index contributed by atoms with van der Waals surface area (Å²) >= 11 is 1.42. The van der Waals surface area contributed by atoms with E-state index >= 15 is 0 Å². The Morgan fingerprint density at radius 2 is 2.14 bits per heavy atom. The summed E-state index contributed by atoms with van der Waals surface area (Å²) < 4.78 is 4.27. The number of aliphatic hydroxyl groups is 1. The quantitative estimate of drug-likeness (QED) is 0.803. The Labute approximate surface area is 87.8 Å². The molecule has 1 aromatic rings. The molecule has 0 saturated carbocycles.